The Hall–Kier alpha value is -4.31. The molecule has 0 bridgehead atoms. The van der Waals surface area contributed by atoms with Crippen LogP contribution in [0.2, 0.25) is 0 Å². The maximum atomic E-state index is 12.2. The standard InChI is InChI=1S/C28H34O16/c1-12(30)36-9-18-7-20(39-14(3)32)22-19(8-29)10-38-27(23(18)22)44-28-26(42-17(6)35)25(41-16(5)34)24(40-15(4)33)21(43-28)11-37-13(2)31/h7-8,10,20-28H,9,11H2,1-6H3/t20-,21-,22+,23-,24-,25+,26-,27+,28+/m1/s1. The Kier molecular flexibility index (Phi) is 11.6. The first kappa shape index (κ1) is 34.2. The van der Waals surface area contributed by atoms with E-state index in [9.17, 15) is 33.6 Å². The van der Waals surface area contributed by atoms with Crippen LogP contribution in [0.3, 0.4) is 0 Å². The van der Waals surface area contributed by atoms with E-state index in [4.69, 9.17) is 42.6 Å². The highest BCUT2D eigenvalue weighted by Crippen LogP contribution is 2.45. The van der Waals surface area contributed by atoms with Crippen molar-refractivity contribution in [3.63, 3.8) is 0 Å². The summed E-state index contributed by atoms with van der Waals surface area (Å²) in [7, 11) is 0. The van der Waals surface area contributed by atoms with E-state index in [2.05, 4.69) is 0 Å². The number of fused-ring (bicyclic) bond motifs is 1. The van der Waals surface area contributed by atoms with Gasteiger partial charge in [0.1, 0.15) is 31.7 Å². The fourth-order valence-corrected chi connectivity index (χ4v) is 5.19. The number of aldehydes is 1. The van der Waals surface area contributed by atoms with Gasteiger partial charge in [0.25, 0.3) is 0 Å². The van der Waals surface area contributed by atoms with Crippen molar-refractivity contribution in [1.29, 1.82) is 0 Å². The second-order valence-corrected chi connectivity index (χ2v) is 10.1. The molecule has 16 heteroatoms. The Morgan fingerprint density at radius 2 is 1.27 bits per heavy atom. The molecule has 0 unspecified atom stereocenters. The summed E-state index contributed by atoms with van der Waals surface area (Å²) < 4.78 is 49.8. The van der Waals surface area contributed by atoms with Crippen molar-refractivity contribution in [2.24, 2.45) is 11.8 Å². The van der Waals surface area contributed by atoms with Crippen LogP contribution in [-0.2, 0) is 76.2 Å². The minimum Gasteiger partial charge on any atom is -0.471 e. The van der Waals surface area contributed by atoms with Crippen LogP contribution in [0, 0.1) is 11.8 Å². The molecule has 2 heterocycles. The van der Waals surface area contributed by atoms with E-state index in [0.717, 1.165) is 34.0 Å². The van der Waals surface area contributed by atoms with Gasteiger partial charge in [-0.3, -0.25) is 33.6 Å². The molecule has 242 valence electrons. The molecule has 0 aromatic heterocycles. The fourth-order valence-electron chi connectivity index (χ4n) is 5.19. The molecule has 0 aromatic rings. The van der Waals surface area contributed by atoms with Gasteiger partial charge in [0.05, 0.1) is 12.2 Å². The van der Waals surface area contributed by atoms with Gasteiger partial charge < -0.3 is 42.6 Å². The van der Waals surface area contributed by atoms with Gasteiger partial charge in [-0.15, -0.1) is 0 Å². The largest absolute Gasteiger partial charge is 0.471 e. The van der Waals surface area contributed by atoms with Gasteiger partial charge in [0.2, 0.25) is 12.6 Å². The first-order chi connectivity index (χ1) is 20.7. The molecule has 0 radical (unpaired) electrons. The Labute approximate surface area is 251 Å². The average molecular weight is 627 g/mol. The van der Waals surface area contributed by atoms with Crippen LogP contribution in [0.5, 0.6) is 0 Å². The van der Waals surface area contributed by atoms with Crippen LogP contribution in [0.4, 0.5) is 0 Å². The summed E-state index contributed by atoms with van der Waals surface area (Å²) >= 11 is 0. The maximum absolute atomic E-state index is 12.2. The third-order valence-corrected chi connectivity index (χ3v) is 6.66. The van der Waals surface area contributed by atoms with Crippen molar-refractivity contribution in [2.45, 2.75) is 84.6 Å². The van der Waals surface area contributed by atoms with E-state index in [0.29, 0.717) is 11.9 Å². The number of hydrogen-bond acceptors (Lipinski definition) is 16. The molecular formula is C28H34O16. The first-order valence-corrected chi connectivity index (χ1v) is 13.5. The Morgan fingerprint density at radius 3 is 1.82 bits per heavy atom. The number of hydrogen-bond donors (Lipinski definition) is 0. The summed E-state index contributed by atoms with van der Waals surface area (Å²) in [6, 6.07) is 0. The maximum Gasteiger partial charge on any atom is 0.303 e. The van der Waals surface area contributed by atoms with E-state index < -0.39 is 97.4 Å². The lowest BCUT2D eigenvalue weighted by atomic mass is 9.83. The van der Waals surface area contributed by atoms with Crippen LogP contribution in [-0.4, -0.2) is 98.4 Å². The zero-order valence-corrected chi connectivity index (χ0v) is 24.9. The van der Waals surface area contributed by atoms with E-state index in [1.54, 1.807) is 0 Å². The van der Waals surface area contributed by atoms with Gasteiger partial charge in [-0.25, -0.2) is 0 Å². The first-order valence-electron chi connectivity index (χ1n) is 13.5. The summed E-state index contributed by atoms with van der Waals surface area (Å²) in [6.45, 7) is 5.97. The zero-order valence-electron chi connectivity index (χ0n) is 24.9. The van der Waals surface area contributed by atoms with Crippen molar-refractivity contribution in [2.75, 3.05) is 13.2 Å². The van der Waals surface area contributed by atoms with Crippen molar-refractivity contribution in [3.8, 4) is 0 Å². The van der Waals surface area contributed by atoms with Crippen LogP contribution < -0.4 is 0 Å². The summed E-state index contributed by atoms with van der Waals surface area (Å²) in [5.74, 6) is -6.20. The summed E-state index contributed by atoms with van der Waals surface area (Å²) in [5, 5.41) is 0. The van der Waals surface area contributed by atoms with Gasteiger partial charge in [-0.05, 0) is 11.6 Å². The second-order valence-electron chi connectivity index (χ2n) is 10.1. The summed E-state index contributed by atoms with van der Waals surface area (Å²) in [5.41, 5.74) is 0.483. The molecule has 44 heavy (non-hydrogen) atoms. The molecule has 3 rings (SSSR count). The number of carbonyl (C=O) groups excluding carboxylic acids is 7. The van der Waals surface area contributed by atoms with Gasteiger partial charge >= 0.3 is 35.8 Å². The molecule has 0 N–H and O–H groups in total. The average Bonchev–Trinajstić information content (AvgIpc) is 3.27. The van der Waals surface area contributed by atoms with Crippen LogP contribution in [0.1, 0.15) is 41.5 Å². The molecule has 1 fully saturated rings. The highest BCUT2D eigenvalue weighted by Gasteiger charge is 2.56. The molecule has 2 aliphatic heterocycles. The van der Waals surface area contributed by atoms with Crippen LogP contribution >= 0.6 is 0 Å². The molecule has 16 nitrogen and oxygen atoms in total. The molecule has 1 saturated heterocycles. The Bertz CT molecular complexity index is 1220. The van der Waals surface area contributed by atoms with Crippen molar-refractivity contribution >= 4 is 42.1 Å². The monoisotopic (exact) mass is 626 g/mol. The lowest BCUT2D eigenvalue weighted by molar-refractivity contribution is -0.342. The van der Waals surface area contributed by atoms with Gasteiger partial charge in [0.15, 0.2) is 18.3 Å². The topological polar surface area (TPSA) is 203 Å². The molecule has 0 aromatic carbocycles. The van der Waals surface area contributed by atoms with Gasteiger partial charge in [0, 0.05) is 53.0 Å². The highest BCUT2D eigenvalue weighted by atomic mass is 16.8. The molecule has 9 atom stereocenters. The molecule has 0 saturated carbocycles. The third kappa shape index (κ3) is 8.63. The molecule has 0 spiro atoms. The predicted octanol–water partition coefficient (Wildman–Crippen LogP) is 0.192. The molecule has 1 aliphatic carbocycles. The number of esters is 6. The Balaban J connectivity index is 2.05. The Morgan fingerprint density at radius 1 is 0.705 bits per heavy atom. The van der Waals surface area contributed by atoms with Crippen molar-refractivity contribution < 1.29 is 76.2 Å². The summed E-state index contributed by atoms with van der Waals surface area (Å²) in [6.07, 6.45) is -6.59. The number of carbonyl (C=O) groups is 7. The van der Waals surface area contributed by atoms with Crippen molar-refractivity contribution in [3.05, 3.63) is 23.5 Å². The van der Waals surface area contributed by atoms with Crippen molar-refractivity contribution in [1.82, 2.24) is 0 Å². The van der Waals surface area contributed by atoms with Crippen LogP contribution in [0.15, 0.2) is 23.5 Å². The fraction of sp³-hybridized carbons (Fsp3) is 0.607. The lowest BCUT2D eigenvalue weighted by Gasteiger charge is -2.46. The molecular weight excluding hydrogens is 592 g/mol. The lowest BCUT2D eigenvalue weighted by Crippen LogP contribution is -2.63. The summed E-state index contributed by atoms with van der Waals surface area (Å²) in [4.78, 5) is 83.4. The third-order valence-electron chi connectivity index (χ3n) is 6.66. The van der Waals surface area contributed by atoms with E-state index in [1.807, 2.05) is 0 Å². The smallest absolute Gasteiger partial charge is 0.303 e. The molecule has 0 amide bonds. The normalized spacial score (nSPS) is 30.6. The zero-order chi connectivity index (χ0) is 32.7. The predicted molar refractivity (Wildman–Crippen MR) is 139 cm³/mol. The van der Waals surface area contributed by atoms with E-state index in [1.165, 1.54) is 19.9 Å². The molecule has 3 aliphatic rings. The van der Waals surface area contributed by atoms with Gasteiger partial charge in [-0.2, -0.15) is 0 Å². The number of ether oxygens (including phenoxy) is 9. The number of rotatable bonds is 11. The van der Waals surface area contributed by atoms with E-state index >= 15 is 0 Å². The minimum atomic E-state index is -1.62. The van der Waals surface area contributed by atoms with E-state index in [-0.39, 0.29) is 12.2 Å². The second kappa shape index (κ2) is 14.9. The van der Waals surface area contributed by atoms with Crippen LogP contribution in [0.25, 0.3) is 0 Å². The minimum absolute atomic E-state index is 0.108. The highest BCUT2D eigenvalue weighted by molar-refractivity contribution is 5.75. The quantitative estimate of drug-likeness (QED) is 0.130. The van der Waals surface area contributed by atoms with Gasteiger partial charge in [-0.1, -0.05) is 0 Å². The SMILES string of the molecule is CC(=O)OCC1=C[C@@H](OC(C)=O)[C@@H]2C(C=O)=CO[C@@H](O[C@@H]3O[C@H](COC(C)=O)[C@@H](OC(C)=O)[C@H](OC(C)=O)[C@H]3OC(C)=O)[C@H]12.